The van der Waals surface area contributed by atoms with Gasteiger partial charge in [-0.05, 0) is 69.8 Å². The second kappa shape index (κ2) is 5.61. The zero-order valence-corrected chi connectivity index (χ0v) is 15.5. The number of nitrogens with zero attached hydrogens (tertiary/aromatic N) is 1. The number of phenolic OH excluding ortho intramolecular Hbond substituents is 3. The lowest BCUT2D eigenvalue weighted by Crippen LogP contribution is -1.98. The van der Waals surface area contributed by atoms with Crippen LogP contribution < -0.4 is 0 Å². The number of phenols is 3. The summed E-state index contributed by atoms with van der Waals surface area (Å²) >= 11 is 0. The van der Waals surface area contributed by atoms with Gasteiger partial charge in [-0.25, -0.2) is 4.98 Å². The van der Waals surface area contributed by atoms with Gasteiger partial charge in [0.15, 0.2) is 0 Å². The molecule has 29 heavy (non-hydrogen) atoms. The average molecular weight is 379 g/mol. The number of aromatic nitrogens is 1. The van der Waals surface area contributed by atoms with Gasteiger partial charge in [0.2, 0.25) is 0 Å². The molecule has 1 heterocycles. The Hall–Kier alpha value is -3.79. The predicted octanol–water partition coefficient (Wildman–Crippen LogP) is 5.01. The van der Waals surface area contributed by atoms with Crippen molar-refractivity contribution in [3.8, 4) is 50.9 Å². The maximum Gasteiger partial charge on any atom is 0.116 e. The summed E-state index contributed by atoms with van der Waals surface area (Å²) in [5, 5.41) is 29.8. The number of aromatic hydroxyl groups is 3. The minimum absolute atomic E-state index is 0.225. The van der Waals surface area contributed by atoms with Crippen LogP contribution in [0.15, 0.2) is 60.7 Å². The van der Waals surface area contributed by atoms with E-state index in [2.05, 4.69) is 0 Å². The maximum absolute atomic E-state index is 10.0. The van der Waals surface area contributed by atoms with Crippen LogP contribution in [-0.4, -0.2) is 20.3 Å². The summed E-state index contributed by atoms with van der Waals surface area (Å²) in [4.78, 5) is 5.03. The number of hydrogen-bond donors (Lipinski definition) is 3. The van der Waals surface area contributed by atoms with E-state index in [1.54, 1.807) is 36.4 Å². The van der Waals surface area contributed by atoms with Crippen molar-refractivity contribution in [2.24, 2.45) is 0 Å². The average Bonchev–Trinajstić information content (AvgIpc) is 3.25. The van der Waals surface area contributed by atoms with E-state index in [9.17, 15) is 15.3 Å². The molecular formula is C25H17NO3. The van der Waals surface area contributed by atoms with Crippen LogP contribution in [0.2, 0.25) is 0 Å². The van der Waals surface area contributed by atoms with Crippen molar-refractivity contribution in [3.05, 3.63) is 82.9 Å². The molecule has 0 saturated carbocycles. The molecule has 4 aromatic rings. The van der Waals surface area contributed by atoms with E-state index in [1.165, 1.54) is 0 Å². The van der Waals surface area contributed by atoms with Crippen LogP contribution in [0.5, 0.6) is 17.2 Å². The summed E-state index contributed by atoms with van der Waals surface area (Å²) in [5.74, 6) is 0.684. The zero-order chi connectivity index (χ0) is 19.7. The number of rotatable bonds is 1. The van der Waals surface area contributed by atoms with E-state index in [-0.39, 0.29) is 17.2 Å². The van der Waals surface area contributed by atoms with Gasteiger partial charge in [-0.15, -0.1) is 0 Å². The lowest BCUT2D eigenvalue weighted by molar-refractivity contribution is 0.475. The molecule has 6 rings (SSSR count). The molecule has 2 aliphatic rings. The van der Waals surface area contributed by atoms with Crippen molar-refractivity contribution < 1.29 is 15.3 Å². The first-order valence-corrected chi connectivity index (χ1v) is 9.58. The Morgan fingerprint density at radius 3 is 1.59 bits per heavy atom. The van der Waals surface area contributed by atoms with Crippen LogP contribution in [0.4, 0.5) is 0 Å². The van der Waals surface area contributed by atoms with Gasteiger partial charge in [0.25, 0.3) is 0 Å². The fourth-order valence-corrected chi connectivity index (χ4v) is 4.69. The molecule has 1 aromatic heterocycles. The van der Waals surface area contributed by atoms with Crippen LogP contribution in [0.3, 0.4) is 0 Å². The second-order valence-electron chi connectivity index (χ2n) is 7.72. The molecule has 0 unspecified atom stereocenters. The van der Waals surface area contributed by atoms with E-state index in [0.29, 0.717) is 0 Å². The van der Waals surface area contributed by atoms with Crippen LogP contribution >= 0.6 is 0 Å². The molecule has 0 aliphatic heterocycles. The maximum atomic E-state index is 10.0. The Balaban J connectivity index is 1.69. The van der Waals surface area contributed by atoms with Crippen molar-refractivity contribution in [2.75, 3.05) is 0 Å². The highest BCUT2D eigenvalue weighted by molar-refractivity contribution is 5.91. The number of pyridine rings is 1. The summed E-state index contributed by atoms with van der Waals surface area (Å²) in [6, 6.07) is 18.2. The van der Waals surface area contributed by atoms with Crippen LogP contribution in [0.25, 0.3) is 33.6 Å². The Kier molecular flexibility index (Phi) is 3.13. The number of benzene rings is 3. The molecule has 0 fully saturated rings. The summed E-state index contributed by atoms with van der Waals surface area (Å²) in [6.45, 7) is 0. The quantitative estimate of drug-likeness (QED) is 0.376. The zero-order valence-electron chi connectivity index (χ0n) is 15.5. The van der Waals surface area contributed by atoms with Gasteiger partial charge in [0.05, 0.1) is 11.4 Å². The topological polar surface area (TPSA) is 73.6 Å². The molecule has 0 radical (unpaired) electrons. The third kappa shape index (κ3) is 2.29. The third-order valence-corrected chi connectivity index (χ3v) is 5.99. The van der Waals surface area contributed by atoms with Crippen molar-refractivity contribution in [1.82, 2.24) is 4.98 Å². The third-order valence-electron chi connectivity index (χ3n) is 5.99. The lowest BCUT2D eigenvalue weighted by Gasteiger charge is -2.15. The highest BCUT2D eigenvalue weighted by Crippen LogP contribution is 2.49. The molecule has 3 N–H and O–H groups in total. The van der Waals surface area contributed by atoms with Crippen LogP contribution in [-0.2, 0) is 12.8 Å². The van der Waals surface area contributed by atoms with E-state index in [0.717, 1.165) is 68.7 Å². The van der Waals surface area contributed by atoms with Gasteiger partial charge in [0, 0.05) is 24.0 Å². The Morgan fingerprint density at radius 2 is 1.07 bits per heavy atom. The first-order chi connectivity index (χ1) is 14.1. The van der Waals surface area contributed by atoms with Crippen LogP contribution in [0.1, 0.15) is 22.3 Å². The van der Waals surface area contributed by atoms with Gasteiger partial charge in [0.1, 0.15) is 17.2 Å². The lowest BCUT2D eigenvalue weighted by atomic mass is 9.92. The summed E-state index contributed by atoms with van der Waals surface area (Å²) in [5.41, 5.74) is 10.4. The van der Waals surface area contributed by atoms with Crippen molar-refractivity contribution in [1.29, 1.82) is 0 Å². The molecule has 3 aromatic carbocycles. The highest BCUT2D eigenvalue weighted by atomic mass is 16.3. The molecule has 0 amide bonds. The summed E-state index contributed by atoms with van der Waals surface area (Å²) in [7, 11) is 0. The molecule has 0 bridgehead atoms. The summed E-state index contributed by atoms with van der Waals surface area (Å²) < 4.78 is 0. The van der Waals surface area contributed by atoms with Gasteiger partial charge in [-0.1, -0.05) is 24.3 Å². The van der Waals surface area contributed by atoms with E-state index < -0.39 is 0 Å². The fourth-order valence-electron chi connectivity index (χ4n) is 4.69. The Labute approximate surface area is 167 Å². The van der Waals surface area contributed by atoms with Crippen molar-refractivity contribution in [3.63, 3.8) is 0 Å². The molecule has 4 heteroatoms. The SMILES string of the molecule is Oc1ccc(-c2c3c(nc4c2Cc2ccc(O)cc2-4)-c2cc(O)ccc2C3)cc1. The normalized spacial score (nSPS) is 13.0. The molecule has 0 saturated heterocycles. The first-order valence-electron chi connectivity index (χ1n) is 9.58. The van der Waals surface area contributed by atoms with E-state index in [4.69, 9.17) is 4.98 Å². The largest absolute Gasteiger partial charge is 0.508 e. The van der Waals surface area contributed by atoms with Gasteiger partial charge in [-0.3, -0.25) is 0 Å². The van der Waals surface area contributed by atoms with Gasteiger partial charge in [-0.2, -0.15) is 0 Å². The van der Waals surface area contributed by atoms with Gasteiger partial charge < -0.3 is 15.3 Å². The van der Waals surface area contributed by atoms with Crippen LogP contribution in [0, 0.1) is 0 Å². The second-order valence-corrected chi connectivity index (χ2v) is 7.72. The van der Waals surface area contributed by atoms with E-state index >= 15 is 0 Å². The molecule has 140 valence electrons. The minimum atomic E-state index is 0.225. The van der Waals surface area contributed by atoms with Crippen molar-refractivity contribution >= 4 is 0 Å². The predicted molar refractivity (Wildman–Crippen MR) is 111 cm³/mol. The molecule has 2 aliphatic carbocycles. The Bertz CT molecular complexity index is 1250. The summed E-state index contributed by atoms with van der Waals surface area (Å²) in [6.07, 6.45) is 1.51. The highest BCUT2D eigenvalue weighted by Gasteiger charge is 2.32. The smallest absolute Gasteiger partial charge is 0.116 e. The molecule has 0 spiro atoms. The molecule has 0 atom stereocenters. The number of fused-ring (bicyclic) bond motifs is 6. The van der Waals surface area contributed by atoms with E-state index in [1.807, 2.05) is 24.3 Å². The minimum Gasteiger partial charge on any atom is -0.508 e. The monoisotopic (exact) mass is 379 g/mol. The molecular weight excluding hydrogens is 362 g/mol. The standard InChI is InChI=1S/C25H17NO3/c27-16-5-1-13(2-6-16)23-21-9-14-3-7-17(28)11-19(14)24(21)26-25-20-12-18(29)8-4-15(20)10-22(23)25/h1-8,11-12,27-29H,9-10H2. The fraction of sp³-hybridized carbons (Fsp3) is 0.0800. The Morgan fingerprint density at radius 1 is 0.586 bits per heavy atom. The molecule has 4 nitrogen and oxygen atoms in total. The number of hydrogen-bond acceptors (Lipinski definition) is 4. The first kappa shape index (κ1) is 16.2. The van der Waals surface area contributed by atoms with Gasteiger partial charge >= 0.3 is 0 Å². The van der Waals surface area contributed by atoms with Crippen molar-refractivity contribution in [2.45, 2.75) is 12.8 Å².